The first-order chi connectivity index (χ1) is 4.50. The number of hydrogen-bond donors (Lipinski definition) is 0. The smallest absolute Gasteiger partial charge is 0.0502 e. The van der Waals surface area contributed by atoms with E-state index in [1.165, 1.54) is 12.5 Å². The van der Waals surface area contributed by atoms with Gasteiger partial charge in [-0.25, -0.2) is 0 Å². The van der Waals surface area contributed by atoms with Crippen molar-refractivity contribution in [2.75, 3.05) is 0 Å². The molecule has 0 aliphatic rings. The van der Waals surface area contributed by atoms with E-state index in [-0.39, 0.29) is 0 Å². The lowest BCUT2D eigenvalue weighted by molar-refractivity contribution is 0.972. The van der Waals surface area contributed by atoms with Crippen LogP contribution in [0.25, 0.3) is 0 Å². The maximum Gasteiger partial charge on any atom is 0.0502 e. The van der Waals surface area contributed by atoms with E-state index in [4.69, 9.17) is 0 Å². The molecule has 0 spiro atoms. The fourth-order valence-corrected chi connectivity index (χ4v) is 2.29. The molecule has 0 unspecified atom stereocenters. The van der Waals surface area contributed by atoms with Crippen molar-refractivity contribution in [1.29, 1.82) is 0 Å². The van der Waals surface area contributed by atoms with Gasteiger partial charge in [-0.15, -0.1) is 6.58 Å². The van der Waals surface area contributed by atoms with Crippen LogP contribution in [0.15, 0.2) is 12.7 Å². The summed E-state index contributed by atoms with van der Waals surface area (Å²) in [4.78, 5) is 0. The molecule has 0 N–H and O–H groups in total. The molecule has 10 heavy (non-hydrogen) atoms. The van der Waals surface area contributed by atoms with Crippen LogP contribution < -0.4 is 0 Å². The first-order valence-electron chi connectivity index (χ1n) is 4.11. The monoisotopic (exact) mass is 156 g/mol. The Kier molecular flexibility index (Phi) is 3.95. The SMILES string of the molecule is C=CCC[Si](C)(C)C(C)C. The van der Waals surface area contributed by atoms with Gasteiger partial charge in [0.05, 0.1) is 8.07 Å². The molecule has 0 aliphatic carbocycles. The molecule has 0 aromatic carbocycles. The summed E-state index contributed by atoms with van der Waals surface area (Å²) in [5, 5.41) is 0. The van der Waals surface area contributed by atoms with Crippen LogP contribution in [0.2, 0.25) is 24.7 Å². The summed E-state index contributed by atoms with van der Waals surface area (Å²) >= 11 is 0. The molecular weight excluding hydrogens is 136 g/mol. The molecule has 0 rings (SSSR count). The van der Waals surface area contributed by atoms with Gasteiger partial charge < -0.3 is 0 Å². The van der Waals surface area contributed by atoms with Gasteiger partial charge in [-0.05, 0) is 6.42 Å². The van der Waals surface area contributed by atoms with Crippen LogP contribution in [0, 0.1) is 0 Å². The molecule has 0 bridgehead atoms. The summed E-state index contributed by atoms with van der Waals surface area (Å²) in [5.41, 5.74) is 0.910. The molecule has 0 fully saturated rings. The third kappa shape index (κ3) is 3.21. The molecule has 0 radical (unpaired) electrons. The Labute approximate surface area is 66.4 Å². The highest BCUT2D eigenvalue weighted by molar-refractivity contribution is 6.78. The highest BCUT2D eigenvalue weighted by Crippen LogP contribution is 2.25. The van der Waals surface area contributed by atoms with Crippen molar-refractivity contribution >= 4 is 8.07 Å². The van der Waals surface area contributed by atoms with Crippen LogP contribution in [0.4, 0.5) is 0 Å². The summed E-state index contributed by atoms with van der Waals surface area (Å²) in [7, 11) is -0.873. The molecule has 0 heterocycles. The van der Waals surface area contributed by atoms with E-state index in [2.05, 4.69) is 33.5 Å². The summed E-state index contributed by atoms with van der Waals surface area (Å²) < 4.78 is 0. The van der Waals surface area contributed by atoms with Crippen LogP contribution in [-0.4, -0.2) is 8.07 Å². The molecule has 0 aromatic rings. The summed E-state index contributed by atoms with van der Waals surface area (Å²) in [6, 6.07) is 1.40. The van der Waals surface area contributed by atoms with Crippen molar-refractivity contribution in [3.05, 3.63) is 12.7 Å². The van der Waals surface area contributed by atoms with E-state index in [9.17, 15) is 0 Å². The summed E-state index contributed by atoms with van der Waals surface area (Å²) in [5.74, 6) is 0. The van der Waals surface area contributed by atoms with Crippen LogP contribution in [-0.2, 0) is 0 Å². The van der Waals surface area contributed by atoms with Crippen molar-refractivity contribution in [1.82, 2.24) is 0 Å². The standard InChI is InChI=1S/C9H20Si/c1-6-7-8-10(4,5)9(2)3/h6,9H,1,7-8H2,2-5H3. The quantitative estimate of drug-likeness (QED) is 0.430. The first kappa shape index (κ1) is 9.96. The van der Waals surface area contributed by atoms with Gasteiger partial charge in [-0.2, -0.15) is 0 Å². The van der Waals surface area contributed by atoms with Gasteiger partial charge >= 0.3 is 0 Å². The Morgan fingerprint density at radius 3 is 2.20 bits per heavy atom. The molecule has 60 valence electrons. The molecule has 0 aliphatic heterocycles. The molecule has 0 nitrogen and oxygen atoms in total. The second-order valence-corrected chi connectivity index (χ2v) is 9.60. The van der Waals surface area contributed by atoms with E-state index >= 15 is 0 Å². The Bertz CT molecular complexity index is 103. The Morgan fingerprint density at radius 2 is 1.90 bits per heavy atom. The second-order valence-electron chi connectivity index (χ2n) is 3.97. The number of allylic oxidation sites excluding steroid dienone is 1. The normalized spacial score (nSPS) is 12.1. The van der Waals surface area contributed by atoms with Gasteiger partial charge in [0.15, 0.2) is 0 Å². The summed E-state index contributed by atoms with van der Waals surface area (Å²) in [6.45, 7) is 13.3. The largest absolute Gasteiger partial charge is 0.103 e. The van der Waals surface area contributed by atoms with Gasteiger partial charge in [0.1, 0.15) is 0 Å². The van der Waals surface area contributed by atoms with Crippen molar-refractivity contribution in [2.45, 2.75) is 44.9 Å². The van der Waals surface area contributed by atoms with Crippen LogP contribution in [0.5, 0.6) is 0 Å². The highest BCUT2D eigenvalue weighted by atomic mass is 28.3. The minimum atomic E-state index is -0.873. The van der Waals surface area contributed by atoms with E-state index in [1.54, 1.807) is 0 Å². The zero-order chi connectivity index (χ0) is 8.20. The predicted molar refractivity (Wildman–Crippen MR) is 52.2 cm³/mol. The molecule has 0 aromatic heterocycles. The molecular formula is C9H20Si. The van der Waals surface area contributed by atoms with Crippen molar-refractivity contribution < 1.29 is 0 Å². The zero-order valence-electron chi connectivity index (χ0n) is 7.78. The fraction of sp³-hybridized carbons (Fsp3) is 0.778. The minimum Gasteiger partial charge on any atom is -0.103 e. The van der Waals surface area contributed by atoms with Crippen LogP contribution >= 0.6 is 0 Å². The summed E-state index contributed by atoms with van der Waals surface area (Å²) in [6.07, 6.45) is 3.24. The van der Waals surface area contributed by atoms with Gasteiger partial charge in [0.2, 0.25) is 0 Å². The van der Waals surface area contributed by atoms with Crippen LogP contribution in [0.3, 0.4) is 0 Å². The second kappa shape index (κ2) is 3.97. The van der Waals surface area contributed by atoms with Gasteiger partial charge in [0.25, 0.3) is 0 Å². The lowest BCUT2D eigenvalue weighted by Gasteiger charge is -2.26. The predicted octanol–water partition coefficient (Wildman–Crippen LogP) is 3.68. The zero-order valence-corrected chi connectivity index (χ0v) is 8.78. The van der Waals surface area contributed by atoms with Gasteiger partial charge in [-0.3, -0.25) is 0 Å². The van der Waals surface area contributed by atoms with E-state index in [0.717, 1.165) is 5.54 Å². The molecule has 1 heteroatoms. The molecule has 0 saturated heterocycles. The lowest BCUT2D eigenvalue weighted by Crippen LogP contribution is -2.28. The minimum absolute atomic E-state index is 0.873. The first-order valence-corrected chi connectivity index (χ1v) is 7.40. The Balaban J connectivity index is 3.74. The van der Waals surface area contributed by atoms with Crippen LogP contribution in [0.1, 0.15) is 20.3 Å². The number of hydrogen-bond acceptors (Lipinski definition) is 0. The van der Waals surface area contributed by atoms with E-state index in [1.807, 2.05) is 6.08 Å². The van der Waals surface area contributed by atoms with Crippen molar-refractivity contribution in [3.8, 4) is 0 Å². The average Bonchev–Trinajstić information content (AvgIpc) is 1.84. The van der Waals surface area contributed by atoms with Crippen molar-refractivity contribution in [2.24, 2.45) is 0 Å². The number of rotatable bonds is 4. The molecule has 0 atom stereocenters. The highest BCUT2D eigenvalue weighted by Gasteiger charge is 2.23. The third-order valence-corrected chi connectivity index (χ3v) is 7.26. The van der Waals surface area contributed by atoms with Gasteiger partial charge in [-0.1, -0.05) is 44.6 Å². The fourth-order valence-electron chi connectivity index (χ4n) is 0.763. The molecule has 0 amide bonds. The van der Waals surface area contributed by atoms with Gasteiger partial charge in [0, 0.05) is 0 Å². The molecule has 0 saturated carbocycles. The Hall–Kier alpha value is -0.0431. The van der Waals surface area contributed by atoms with Crippen molar-refractivity contribution in [3.63, 3.8) is 0 Å². The van der Waals surface area contributed by atoms with E-state index in [0.29, 0.717) is 0 Å². The van der Waals surface area contributed by atoms with E-state index < -0.39 is 8.07 Å². The maximum atomic E-state index is 3.75. The topological polar surface area (TPSA) is 0 Å². The lowest BCUT2D eigenvalue weighted by atomic mass is 10.5. The maximum absolute atomic E-state index is 3.75. The Morgan fingerprint density at radius 1 is 1.40 bits per heavy atom. The third-order valence-electron chi connectivity index (χ3n) is 2.56. The average molecular weight is 156 g/mol.